The van der Waals surface area contributed by atoms with Gasteiger partial charge in [0.2, 0.25) is 5.91 Å². The van der Waals surface area contributed by atoms with Crippen LogP contribution in [0.3, 0.4) is 0 Å². The maximum atomic E-state index is 11.5. The molecule has 76 valence electrons. The molecule has 0 saturated heterocycles. The third kappa shape index (κ3) is 1.43. The number of hydrogen-bond donors (Lipinski definition) is 1. The van der Waals surface area contributed by atoms with Crippen LogP contribution in [0.1, 0.15) is 31.5 Å². The molecular formula is C8H12N4O2. The molecule has 1 heterocycles. The molecule has 1 fully saturated rings. The summed E-state index contributed by atoms with van der Waals surface area (Å²) in [7, 11) is 1.58. The van der Waals surface area contributed by atoms with Crippen LogP contribution in [0.15, 0.2) is 4.79 Å². The largest absolute Gasteiger partial charge is 0.364 e. The molecule has 6 nitrogen and oxygen atoms in total. The first-order valence-electron chi connectivity index (χ1n) is 4.53. The summed E-state index contributed by atoms with van der Waals surface area (Å²) in [5.41, 5.74) is 2.16. The van der Waals surface area contributed by atoms with Crippen LogP contribution in [0, 0.1) is 0 Å². The van der Waals surface area contributed by atoms with Gasteiger partial charge in [-0.25, -0.2) is 9.48 Å². The number of rotatable bonds is 2. The van der Waals surface area contributed by atoms with Gasteiger partial charge in [0, 0.05) is 19.9 Å². The predicted molar refractivity (Wildman–Crippen MR) is 49.5 cm³/mol. The van der Waals surface area contributed by atoms with Crippen LogP contribution in [-0.4, -0.2) is 20.4 Å². The molecular weight excluding hydrogens is 184 g/mol. The molecule has 0 radical (unpaired) electrons. The minimum absolute atomic E-state index is 0.262. The molecule has 1 aliphatic rings. The molecule has 1 amide bonds. The summed E-state index contributed by atoms with van der Waals surface area (Å²) in [5, 5.41) is 4.08. The van der Waals surface area contributed by atoms with E-state index in [1.54, 1.807) is 7.05 Å². The van der Waals surface area contributed by atoms with Gasteiger partial charge in [-0.15, -0.1) is 0 Å². The normalized spacial score (nSPS) is 15.6. The Balaban J connectivity index is 2.43. The highest BCUT2D eigenvalue weighted by atomic mass is 16.2. The van der Waals surface area contributed by atoms with Crippen LogP contribution < -0.4 is 11.1 Å². The smallest absolute Gasteiger partial charge is 0.274 e. The zero-order valence-electron chi connectivity index (χ0n) is 8.15. The van der Waals surface area contributed by atoms with E-state index in [2.05, 4.69) is 10.5 Å². The first kappa shape index (κ1) is 8.98. The van der Waals surface area contributed by atoms with Crippen LogP contribution >= 0.6 is 0 Å². The maximum absolute atomic E-state index is 11.5. The summed E-state index contributed by atoms with van der Waals surface area (Å²) in [6.07, 6.45) is 2.08. The lowest BCUT2D eigenvalue weighted by Crippen LogP contribution is -2.33. The van der Waals surface area contributed by atoms with Crippen LogP contribution in [-0.2, 0) is 11.8 Å². The van der Waals surface area contributed by atoms with Crippen LogP contribution in [0.5, 0.6) is 0 Å². The average molecular weight is 196 g/mol. The fourth-order valence-corrected chi connectivity index (χ4v) is 1.35. The lowest BCUT2D eigenvalue weighted by molar-refractivity contribution is -0.115. The van der Waals surface area contributed by atoms with Gasteiger partial charge in [-0.3, -0.25) is 10.2 Å². The van der Waals surface area contributed by atoms with Crippen molar-refractivity contribution in [1.82, 2.24) is 14.5 Å². The van der Waals surface area contributed by atoms with Crippen molar-refractivity contribution in [2.45, 2.75) is 25.7 Å². The van der Waals surface area contributed by atoms with Crippen LogP contribution in [0.2, 0.25) is 0 Å². The van der Waals surface area contributed by atoms with Crippen molar-refractivity contribution < 1.29 is 4.79 Å². The molecule has 0 aliphatic heterocycles. The van der Waals surface area contributed by atoms with E-state index in [0.717, 1.165) is 12.8 Å². The monoisotopic (exact) mass is 196 g/mol. The van der Waals surface area contributed by atoms with Crippen molar-refractivity contribution in [3.05, 3.63) is 16.3 Å². The lowest BCUT2D eigenvalue weighted by Gasteiger charge is -2.02. The standard InChI is InChI=1S/C8H12N4O2/c1-5(13)9-12-7(6-3-4-6)10-11(2)8(12)14/h6H,3-4H2,1-2H3,(H,9,13). The van der Waals surface area contributed by atoms with E-state index in [1.807, 2.05) is 0 Å². The van der Waals surface area contributed by atoms with Gasteiger partial charge in [0.25, 0.3) is 0 Å². The molecule has 0 atom stereocenters. The molecule has 1 N–H and O–H groups in total. The second-order valence-corrected chi connectivity index (χ2v) is 3.54. The first-order chi connectivity index (χ1) is 6.59. The van der Waals surface area contributed by atoms with Gasteiger partial charge in [-0.1, -0.05) is 0 Å². The molecule has 2 rings (SSSR count). The SMILES string of the molecule is CC(=O)Nn1c(C2CC2)nn(C)c1=O. The molecule has 0 bridgehead atoms. The average Bonchev–Trinajstić information content (AvgIpc) is 2.88. The molecule has 1 aromatic rings. The van der Waals surface area contributed by atoms with Crippen molar-refractivity contribution >= 4 is 5.91 Å². The minimum atomic E-state index is -0.304. The summed E-state index contributed by atoms with van der Waals surface area (Å²) in [5.74, 6) is 0.727. The number of aromatic nitrogens is 3. The second-order valence-electron chi connectivity index (χ2n) is 3.54. The molecule has 6 heteroatoms. The summed E-state index contributed by atoms with van der Waals surface area (Å²) < 4.78 is 2.48. The summed E-state index contributed by atoms with van der Waals surface area (Å²) in [6, 6.07) is 0. The lowest BCUT2D eigenvalue weighted by atomic mass is 10.4. The number of carbonyl (C=O) groups excluding carboxylic acids is 1. The van der Waals surface area contributed by atoms with E-state index in [1.165, 1.54) is 16.3 Å². The number of hydrogen-bond acceptors (Lipinski definition) is 3. The van der Waals surface area contributed by atoms with Crippen molar-refractivity contribution in [1.29, 1.82) is 0 Å². The Morgan fingerprint density at radius 3 is 2.71 bits per heavy atom. The van der Waals surface area contributed by atoms with Gasteiger partial charge in [0.1, 0.15) is 0 Å². The Morgan fingerprint density at radius 2 is 2.21 bits per heavy atom. The molecule has 1 saturated carbocycles. The molecule has 0 aromatic carbocycles. The van der Waals surface area contributed by atoms with Crippen molar-refractivity contribution in [3.63, 3.8) is 0 Å². The fraction of sp³-hybridized carbons (Fsp3) is 0.625. The van der Waals surface area contributed by atoms with E-state index >= 15 is 0 Å². The zero-order chi connectivity index (χ0) is 10.3. The third-order valence-corrected chi connectivity index (χ3v) is 2.16. The first-order valence-corrected chi connectivity index (χ1v) is 4.53. The maximum Gasteiger partial charge on any atom is 0.364 e. The molecule has 0 unspecified atom stereocenters. The Kier molecular flexibility index (Phi) is 1.90. The Morgan fingerprint density at radius 1 is 1.57 bits per heavy atom. The van der Waals surface area contributed by atoms with Gasteiger partial charge in [0.05, 0.1) is 0 Å². The van der Waals surface area contributed by atoms with Crippen molar-refractivity contribution in [2.75, 3.05) is 5.43 Å². The highest BCUT2D eigenvalue weighted by molar-refractivity contribution is 5.80. The number of carbonyl (C=O) groups is 1. The molecule has 1 aromatic heterocycles. The quantitative estimate of drug-likeness (QED) is 0.696. The van der Waals surface area contributed by atoms with E-state index < -0.39 is 0 Å². The van der Waals surface area contributed by atoms with Crippen LogP contribution in [0.25, 0.3) is 0 Å². The molecule has 14 heavy (non-hydrogen) atoms. The van der Waals surface area contributed by atoms with E-state index in [-0.39, 0.29) is 11.6 Å². The van der Waals surface area contributed by atoms with Crippen molar-refractivity contribution in [3.8, 4) is 0 Å². The third-order valence-electron chi connectivity index (χ3n) is 2.16. The minimum Gasteiger partial charge on any atom is -0.274 e. The van der Waals surface area contributed by atoms with E-state index in [4.69, 9.17) is 0 Å². The van der Waals surface area contributed by atoms with Gasteiger partial charge >= 0.3 is 5.69 Å². The van der Waals surface area contributed by atoms with Gasteiger partial charge in [0.15, 0.2) is 5.82 Å². The highest BCUT2D eigenvalue weighted by Gasteiger charge is 2.30. The number of aryl methyl sites for hydroxylation is 1. The van der Waals surface area contributed by atoms with Gasteiger partial charge < -0.3 is 0 Å². The predicted octanol–water partition coefficient (Wildman–Crippen LogP) is -0.451. The Bertz CT molecular complexity index is 427. The van der Waals surface area contributed by atoms with Gasteiger partial charge in [-0.2, -0.15) is 9.77 Å². The Hall–Kier alpha value is -1.59. The summed E-state index contributed by atoms with van der Waals surface area (Å²) >= 11 is 0. The Labute approximate surface area is 80.5 Å². The van der Waals surface area contributed by atoms with Gasteiger partial charge in [-0.05, 0) is 12.8 Å². The van der Waals surface area contributed by atoms with Crippen molar-refractivity contribution in [2.24, 2.45) is 7.05 Å². The number of amides is 1. The van der Waals surface area contributed by atoms with Crippen LogP contribution in [0.4, 0.5) is 0 Å². The second kappa shape index (κ2) is 2.97. The topological polar surface area (TPSA) is 68.9 Å². The summed E-state index contributed by atoms with van der Waals surface area (Å²) in [6.45, 7) is 1.37. The molecule has 0 spiro atoms. The highest BCUT2D eigenvalue weighted by Crippen LogP contribution is 2.38. The van der Waals surface area contributed by atoms with E-state index in [9.17, 15) is 9.59 Å². The zero-order valence-corrected chi connectivity index (χ0v) is 8.15. The fourth-order valence-electron chi connectivity index (χ4n) is 1.35. The molecule has 1 aliphatic carbocycles. The number of nitrogens with one attached hydrogen (secondary N) is 1. The number of nitrogens with zero attached hydrogens (tertiary/aromatic N) is 3. The van der Waals surface area contributed by atoms with E-state index in [0.29, 0.717) is 11.7 Å². The summed E-state index contributed by atoms with van der Waals surface area (Å²) in [4.78, 5) is 22.4.